The van der Waals surface area contributed by atoms with Crippen molar-refractivity contribution in [2.75, 3.05) is 30.0 Å². The second kappa shape index (κ2) is 8.34. The maximum atomic E-state index is 5.52. The summed E-state index contributed by atoms with van der Waals surface area (Å²) >= 11 is 1.95. The fourth-order valence-corrected chi connectivity index (χ4v) is 1.84. The Morgan fingerprint density at radius 2 is 1.94 bits per heavy atom. The quantitative estimate of drug-likeness (QED) is 0.700. The van der Waals surface area contributed by atoms with Crippen molar-refractivity contribution in [1.82, 2.24) is 0 Å². The highest BCUT2D eigenvalue weighted by Gasteiger charge is 1.94. The molecule has 1 N–H and O–H groups in total. The van der Waals surface area contributed by atoms with Crippen LogP contribution in [0.2, 0.25) is 0 Å². The Morgan fingerprint density at radius 3 is 2.56 bits per heavy atom. The topological polar surface area (TPSA) is 21.3 Å². The highest BCUT2D eigenvalue weighted by Crippen LogP contribution is 2.15. The summed E-state index contributed by atoms with van der Waals surface area (Å²) in [6.45, 7) is 6.11. The van der Waals surface area contributed by atoms with Crippen LogP contribution in [0.1, 0.15) is 20.3 Å². The third-order valence-corrected chi connectivity index (χ3v) is 3.01. The van der Waals surface area contributed by atoms with E-state index in [0.29, 0.717) is 0 Å². The third kappa shape index (κ3) is 5.31. The van der Waals surface area contributed by atoms with E-state index in [-0.39, 0.29) is 0 Å². The SMILES string of the molecule is CCCOc1ccc(NCCSCC)cc1. The minimum atomic E-state index is 0.792. The molecule has 0 radical (unpaired) electrons. The molecule has 0 aliphatic rings. The number of hydrogen-bond donors (Lipinski definition) is 1. The molecule has 2 nitrogen and oxygen atoms in total. The molecule has 0 bridgehead atoms. The Bertz CT molecular complexity index is 274. The van der Waals surface area contributed by atoms with Crippen molar-refractivity contribution < 1.29 is 4.74 Å². The van der Waals surface area contributed by atoms with Crippen LogP contribution in [0.15, 0.2) is 24.3 Å². The van der Waals surface area contributed by atoms with E-state index in [1.54, 1.807) is 0 Å². The molecular formula is C13H21NOS. The molecule has 90 valence electrons. The molecule has 0 aliphatic heterocycles. The maximum Gasteiger partial charge on any atom is 0.119 e. The molecule has 0 aromatic heterocycles. The molecule has 1 aromatic rings. The third-order valence-electron chi connectivity index (χ3n) is 2.11. The molecule has 16 heavy (non-hydrogen) atoms. The van der Waals surface area contributed by atoms with Gasteiger partial charge >= 0.3 is 0 Å². The standard InChI is InChI=1S/C13H21NOS/c1-3-10-15-13-7-5-12(6-8-13)14-9-11-16-4-2/h5-8,14H,3-4,9-11H2,1-2H3. The Hall–Kier alpha value is -0.830. The first-order valence-corrected chi connectivity index (χ1v) is 7.06. The van der Waals surface area contributed by atoms with Crippen molar-refractivity contribution in [3.05, 3.63) is 24.3 Å². The number of anilines is 1. The molecule has 0 saturated carbocycles. The minimum absolute atomic E-state index is 0.792. The van der Waals surface area contributed by atoms with Gasteiger partial charge in [-0.15, -0.1) is 0 Å². The van der Waals surface area contributed by atoms with Gasteiger partial charge in [-0.3, -0.25) is 0 Å². The smallest absolute Gasteiger partial charge is 0.119 e. The van der Waals surface area contributed by atoms with Crippen LogP contribution < -0.4 is 10.1 Å². The lowest BCUT2D eigenvalue weighted by molar-refractivity contribution is 0.317. The number of benzene rings is 1. The van der Waals surface area contributed by atoms with E-state index in [1.807, 2.05) is 23.9 Å². The van der Waals surface area contributed by atoms with Gasteiger partial charge in [0.05, 0.1) is 6.61 Å². The first-order valence-electron chi connectivity index (χ1n) is 5.91. The summed E-state index contributed by atoms with van der Waals surface area (Å²) in [4.78, 5) is 0. The van der Waals surface area contributed by atoms with Crippen molar-refractivity contribution in [3.63, 3.8) is 0 Å². The summed E-state index contributed by atoms with van der Waals surface area (Å²) in [5.74, 6) is 3.30. The zero-order chi connectivity index (χ0) is 11.6. The number of ether oxygens (including phenoxy) is 1. The molecular weight excluding hydrogens is 218 g/mol. The Morgan fingerprint density at radius 1 is 1.19 bits per heavy atom. The average Bonchev–Trinajstić information content (AvgIpc) is 2.33. The van der Waals surface area contributed by atoms with Gasteiger partial charge in [0.1, 0.15) is 5.75 Å². The minimum Gasteiger partial charge on any atom is -0.494 e. The molecule has 0 heterocycles. The summed E-state index contributed by atoms with van der Waals surface area (Å²) in [6.07, 6.45) is 1.05. The number of rotatable bonds is 8. The zero-order valence-electron chi connectivity index (χ0n) is 10.2. The molecule has 1 rings (SSSR count). The number of hydrogen-bond acceptors (Lipinski definition) is 3. The molecule has 0 amide bonds. The predicted molar refractivity (Wildman–Crippen MR) is 73.7 cm³/mol. The van der Waals surface area contributed by atoms with Crippen molar-refractivity contribution in [1.29, 1.82) is 0 Å². The molecule has 0 spiro atoms. The van der Waals surface area contributed by atoms with Crippen LogP contribution in [0, 0.1) is 0 Å². The van der Waals surface area contributed by atoms with Crippen molar-refractivity contribution >= 4 is 17.4 Å². The Labute approximate surface area is 103 Å². The van der Waals surface area contributed by atoms with Gasteiger partial charge in [0.2, 0.25) is 0 Å². The van der Waals surface area contributed by atoms with Gasteiger partial charge in [-0.2, -0.15) is 11.8 Å². The lowest BCUT2D eigenvalue weighted by Gasteiger charge is -2.08. The Balaban J connectivity index is 2.27. The monoisotopic (exact) mass is 239 g/mol. The zero-order valence-corrected chi connectivity index (χ0v) is 11.0. The molecule has 3 heteroatoms. The predicted octanol–water partition coefficient (Wildman–Crippen LogP) is 3.64. The highest BCUT2D eigenvalue weighted by atomic mass is 32.2. The van der Waals surface area contributed by atoms with Crippen LogP contribution in [0.3, 0.4) is 0 Å². The van der Waals surface area contributed by atoms with Crippen LogP contribution in [-0.2, 0) is 0 Å². The first-order chi connectivity index (χ1) is 7.86. The van der Waals surface area contributed by atoms with E-state index < -0.39 is 0 Å². The van der Waals surface area contributed by atoms with E-state index in [9.17, 15) is 0 Å². The summed E-state index contributed by atoms with van der Waals surface area (Å²) in [5, 5.41) is 3.39. The number of thioether (sulfide) groups is 1. The molecule has 0 aliphatic carbocycles. The second-order valence-corrected chi connectivity index (χ2v) is 4.89. The summed E-state index contributed by atoms with van der Waals surface area (Å²) in [5.41, 5.74) is 1.17. The molecule has 0 unspecified atom stereocenters. The molecule has 1 aromatic carbocycles. The lowest BCUT2D eigenvalue weighted by atomic mass is 10.3. The van der Waals surface area contributed by atoms with Gasteiger partial charge in [-0.05, 0) is 36.4 Å². The van der Waals surface area contributed by atoms with Crippen LogP contribution in [0.25, 0.3) is 0 Å². The van der Waals surface area contributed by atoms with Gasteiger partial charge in [0.15, 0.2) is 0 Å². The first kappa shape index (κ1) is 13.2. The molecule has 0 saturated heterocycles. The largest absolute Gasteiger partial charge is 0.494 e. The van der Waals surface area contributed by atoms with Gasteiger partial charge < -0.3 is 10.1 Å². The Kier molecular flexibility index (Phi) is 6.90. The van der Waals surface area contributed by atoms with Gasteiger partial charge in [0, 0.05) is 18.0 Å². The van der Waals surface area contributed by atoms with Crippen LogP contribution in [-0.4, -0.2) is 24.7 Å². The van der Waals surface area contributed by atoms with Crippen molar-refractivity contribution in [2.45, 2.75) is 20.3 Å². The summed E-state index contributed by atoms with van der Waals surface area (Å²) in [7, 11) is 0. The van der Waals surface area contributed by atoms with E-state index >= 15 is 0 Å². The van der Waals surface area contributed by atoms with Crippen LogP contribution in [0.4, 0.5) is 5.69 Å². The summed E-state index contributed by atoms with van der Waals surface area (Å²) < 4.78 is 5.52. The van der Waals surface area contributed by atoms with Crippen LogP contribution in [0.5, 0.6) is 5.75 Å². The van der Waals surface area contributed by atoms with Gasteiger partial charge in [-0.1, -0.05) is 13.8 Å². The summed E-state index contributed by atoms with van der Waals surface area (Å²) in [6, 6.07) is 8.18. The van der Waals surface area contributed by atoms with Crippen molar-refractivity contribution in [3.8, 4) is 5.75 Å². The lowest BCUT2D eigenvalue weighted by Crippen LogP contribution is -2.04. The fraction of sp³-hybridized carbons (Fsp3) is 0.538. The highest BCUT2D eigenvalue weighted by molar-refractivity contribution is 7.99. The van der Waals surface area contributed by atoms with E-state index in [4.69, 9.17) is 4.74 Å². The fourth-order valence-electron chi connectivity index (χ4n) is 1.30. The van der Waals surface area contributed by atoms with Gasteiger partial charge in [0.25, 0.3) is 0 Å². The normalized spacial score (nSPS) is 10.1. The van der Waals surface area contributed by atoms with Crippen molar-refractivity contribution in [2.24, 2.45) is 0 Å². The van der Waals surface area contributed by atoms with Crippen LogP contribution >= 0.6 is 11.8 Å². The number of nitrogens with one attached hydrogen (secondary N) is 1. The second-order valence-electron chi connectivity index (χ2n) is 3.50. The van der Waals surface area contributed by atoms with E-state index in [0.717, 1.165) is 31.1 Å². The van der Waals surface area contributed by atoms with E-state index in [2.05, 4.69) is 31.3 Å². The maximum absolute atomic E-state index is 5.52. The molecule has 0 fully saturated rings. The van der Waals surface area contributed by atoms with Gasteiger partial charge in [-0.25, -0.2) is 0 Å². The molecule has 0 atom stereocenters. The average molecular weight is 239 g/mol. The van der Waals surface area contributed by atoms with E-state index in [1.165, 1.54) is 11.4 Å².